The van der Waals surface area contributed by atoms with Gasteiger partial charge in [-0.3, -0.25) is 9.69 Å². The number of nitrogens with zero attached hydrogens (tertiary/aromatic N) is 1. The van der Waals surface area contributed by atoms with Crippen molar-refractivity contribution in [2.75, 3.05) is 17.7 Å². The molecule has 0 aliphatic carbocycles. The third-order valence-electron chi connectivity index (χ3n) is 3.69. The van der Waals surface area contributed by atoms with E-state index in [0.717, 1.165) is 0 Å². The minimum Gasteiger partial charge on any atom is -0.494 e. The topological polar surface area (TPSA) is 64.8 Å². The van der Waals surface area contributed by atoms with Gasteiger partial charge in [0.1, 0.15) is 17.3 Å². The summed E-state index contributed by atoms with van der Waals surface area (Å²) in [5, 5.41) is 0. The van der Waals surface area contributed by atoms with E-state index in [9.17, 15) is 9.18 Å². The highest BCUT2D eigenvalue weighted by Crippen LogP contribution is 2.45. The van der Waals surface area contributed by atoms with Crippen LogP contribution in [0, 0.1) is 5.82 Å². The summed E-state index contributed by atoms with van der Waals surface area (Å²) in [7, 11) is 1.43. The van der Waals surface area contributed by atoms with Crippen LogP contribution in [0.4, 0.5) is 21.5 Å². The van der Waals surface area contributed by atoms with Crippen LogP contribution in [0.15, 0.2) is 36.4 Å². The zero-order valence-electron chi connectivity index (χ0n) is 13.1. The number of anilines is 3. The molecule has 0 bridgehead atoms. The zero-order valence-corrected chi connectivity index (χ0v) is 13.1. The lowest BCUT2D eigenvalue weighted by Crippen LogP contribution is -2.50. The Hall–Kier alpha value is -2.76. The molecule has 0 saturated carbocycles. The van der Waals surface area contributed by atoms with Crippen LogP contribution < -0.4 is 20.1 Å². The number of hydrogen-bond acceptors (Lipinski definition) is 4. The first-order valence-corrected chi connectivity index (χ1v) is 7.10. The van der Waals surface area contributed by atoms with Gasteiger partial charge < -0.3 is 15.2 Å². The first kappa shape index (κ1) is 15.1. The number of rotatable bonds is 2. The molecule has 6 heteroatoms. The molecule has 0 spiro atoms. The Morgan fingerprint density at radius 2 is 1.87 bits per heavy atom. The molecule has 23 heavy (non-hydrogen) atoms. The summed E-state index contributed by atoms with van der Waals surface area (Å²) in [6, 6.07) is 9.06. The van der Waals surface area contributed by atoms with Gasteiger partial charge in [-0.15, -0.1) is 0 Å². The molecular formula is C17H17FN2O3. The highest BCUT2D eigenvalue weighted by atomic mass is 19.1. The maximum atomic E-state index is 13.5. The van der Waals surface area contributed by atoms with Crippen molar-refractivity contribution in [1.82, 2.24) is 0 Å². The van der Waals surface area contributed by atoms with Crippen LogP contribution >= 0.6 is 0 Å². The molecular weight excluding hydrogens is 299 g/mol. The quantitative estimate of drug-likeness (QED) is 0.864. The lowest BCUT2D eigenvalue weighted by atomic mass is 10.0. The van der Waals surface area contributed by atoms with Gasteiger partial charge in [0, 0.05) is 17.8 Å². The summed E-state index contributed by atoms with van der Waals surface area (Å²) in [5.74, 6) is 0.0302. The molecule has 0 saturated heterocycles. The summed E-state index contributed by atoms with van der Waals surface area (Å²) < 4.78 is 24.5. The third-order valence-corrected chi connectivity index (χ3v) is 3.69. The highest BCUT2D eigenvalue weighted by molar-refractivity contribution is 6.09. The standard InChI is InChI=1S/C17H17FN2O3/c1-17(2)16(21)20(12-6-4-10(18)8-14(12)22-3)13-7-5-11(19)9-15(13)23-17/h4-9H,19H2,1-3H3. The second kappa shape index (κ2) is 5.15. The number of carbonyl (C=O) groups excluding carboxylic acids is 1. The molecule has 1 heterocycles. The number of ether oxygens (including phenoxy) is 2. The fourth-order valence-corrected chi connectivity index (χ4v) is 2.57. The molecule has 0 radical (unpaired) electrons. The van der Waals surface area contributed by atoms with E-state index in [1.54, 1.807) is 32.0 Å². The van der Waals surface area contributed by atoms with Crippen LogP contribution in [-0.2, 0) is 4.79 Å². The van der Waals surface area contributed by atoms with Gasteiger partial charge in [0.25, 0.3) is 5.91 Å². The molecule has 3 rings (SSSR count). The molecule has 0 atom stereocenters. The van der Waals surface area contributed by atoms with Crippen LogP contribution in [0.25, 0.3) is 0 Å². The summed E-state index contributed by atoms with van der Waals surface area (Å²) in [4.78, 5) is 14.3. The smallest absolute Gasteiger partial charge is 0.275 e. The average molecular weight is 316 g/mol. The molecule has 1 aliphatic rings. The number of carbonyl (C=O) groups is 1. The van der Waals surface area contributed by atoms with E-state index in [2.05, 4.69) is 0 Å². The molecule has 0 fully saturated rings. The molecule has 1 amide bonds. The van der Waals surface area contributed by atoms with Crippen LogP contribution in [-0.4, -0.2) is 18.6 Å². The van der Waals surface area contributed by atoms with Gasteiger partial charge in [0.05, 0.1) is 18.5 Å². The van der Waals surface area contributed by atoms with Gasteiger partial charge in [-0.2, -0.15) is 0 Å². The SMILES string of the molecule is COc1cc(F)ccc1N1C(=O)C(C)(C)Oc2cc(N)ccc21. The summed E-state index contributed by atoms with van der Waals surface area (Å²) in [6.45, 7) is 3.34. The van der Waals surface area contributed by atoms with Gasteiger partial charge in [0.2, 0.25) is 0 Å². The predicted octanol–water partition coefficient (Wildman–Crippen LogP) is 3.25. The number of benzene rings is 2. The molecule has 2 N–H and O–H groups in total. The van der Waals surface area contributed by atoms with Crippen molar-refractivity contribution in [3.05, 3.63) is 42.2 Å². The molecule has 0 aromatic heterocycles. The summed E-state index contributed by atoms with van der Waals surface area (Å²) in [6.07, 6.45) is 0. The predicted molar refractivity (Wildman–Crippen MR) is 85.7 cm³/mol. The molecule has 120 valence electrons. The van der Waals surface area contributed by atoms with E-state index in [1.807, 2.05) is 0 Å². The number of methoxy groups -OCH3 is 1. The molecule has 2 aromatic carbocycles. The Bertz CT molecular complexity index is 789. The normalized spacial score (nSPS) is 15.8. The number of amides is 1. The molecule has 2 aromatic rings. The lowest BCUT2D eigenvalue weighted by Gasteiger charge is -2.39. The first-order chi connectivity index (χ1) is 10.8. The van der Waals surface area contributed by atoms with Gasteiger partial charge in [0.15, 0.2) is 5.60 Å². The van der Waals surface area contributed by atoms with Crippen molar-refractivity contribution < 1.29 is 18.7 Å². The number of nitrogens with two attached hydrogens (primary N) is 1. The Morgan fingerprint density at radius 3 is 2.57 bits per heavy atom. The lowest BCUT2D eigenvalue weighted by molar-refractivity contribution is -0.131. The van der Waals surface area contributed by atoms with E-state index in [4.69, 9.17) is 15.2 Å². The number of hydrogen-bond donors (Lipinski definition) is 1. The van der Waals surface area contributed by atoms with Gasteiger partial charge in [-0.25, -0.2) is 4.39 Å². The Balaban J connectivity index is 2.24. The second-order valence-corrected chi connectivity index (χ2v) is 5.80. The van der Waals surface area contributed by atoms with E-state index in [-0.39, 0.29) is 11.7 Å². The van der Waals surface area contributed by atoms with Gasteiger partial charge >= 0.3 is 0 Å². The van der Waals surface area contributed by atoms with Crippen molar-refractivity contribution >= 4 is 23.0 Å². The van der Waals surface area contributed by atoms with Gasteiger partial charge in [-0.1, -0.05) is 0 Å². The van der Waals surface area contributed by atoms with Crippen molar-refractivity contribution in [1.29, 1.82) is 0 Å². The summed E-state index contributed by atoms with van der Waals surface area (Å²) >= 11 is 0. The average Bonchev–Trinajstić information content (AvgIpc) is 2.49. The monoisotopic (exact) mass is 316 g/mol. The summed E-state index contributed by atoms with van der Waals surface area (Å²) in [5.41, 5.74) is 6.23. The minimum atomic E-state index is -1.08. The van der Waals surface area contributed by atoms with E-state index >= 15 is 0 Å². The Kier molecular flexibility index (Phi) is 3.39. The maximum Gasteiger partial charge on any atom is 0.275 e. The van der Waals surface area contributed by atoms with E-state index in [1.165, 1.54) is 30.2 Å². The molecule has 5 nitrogen and oxygen atoms in total. The van der Waals surface area contributed by atoms with E-state index < -0.39 is 11.4 Å². The third kappa shape index (κ3) is 2.46. The van der Waals surface area contributed by atoms with Crippen LogP contribution in [0.5, 0.6) is 11.5 Å². The Labute approximate surface area is 133 Å². The minimum absolute atomic E-state index is 0.263. The second-order valence-electron chi connectivity index (χ2n) is 5.80. The fourth-order valence-electron chi connectivity index (χ4n) is 2.57. The number of nitrogen functional groups attached to an aromatic ring is 1. The van der Waals surface area contributed by atoms with Crippen molar-refractivity contribution in [3.8, 4) is 11.5 Å². The van der Waals surface area contributed by atoms with Crippen LogP contribution in [0.2, 0.25) is 0 Å². The number of fused-ring (bicyclic) bond motifs is 1. The van der Waals surface area contributed by atoms with Crippen molar-refractivity contribution in [2.24, 2.45) is 0 Å². The first-order valence-electron chi connectivity index (χ1n) is 7.10. The zero-order chi connectivity index (χ0) is 16.8. The number of halogens is 1. The maximum absolute atomic E-state index is 13.5. The van der Waals surface area contributed by atoms with Gasteiger partial charge in [-0.05, 0) is 38.1 Å². The Morgan fingerprint density at radius 1 is 1.17 bits per heavy atom. The molecule has 1 aliphatic heterocycles. The molecule has 0 unspecified atom stereocenters. The van der Waals surface area contributed by atoms with E-state index in [0.29, 0.717) is 22.8 Å². The largest absolute Gasteiger partial charge is 0.494 e. The van der Waals surface area contributed by atoms with Crippen molar-refractivity contribution in [3.63, 3.8) is 0 Å². The van der Waals surface area contributed by atoms with Crippen molar-refractivity contribution in [2.45, 2.75) is 19.4 Å². The fraction of sp³-hybridized carbons (Fsp3) is 0.235. The highest BCUT2D eigenvalue weighted by Gasteiger charge is 2.42. The van der Waals surface area contributed by atoms with Crippen LogP contribution in [0.1, 0.15) is 13.8 Å². The van der Waals surface area contributed by atoms with Crippen LogP contribution in [0.3, 0.4) is 0 Å².